The van der Waals surface area contributed by atoms with Gasteiger partial charge < -0.3 is 23.5 Å². The van der Waals surface area contributed by atoms with Gasteiger partial charge in [0.05, 0.1) is 24.9 Å². The molecule has 2 rings (SSSR count). The Kier molecular flexibility index (Phi) is 7.57. The van der Waals surface area contributed by atoms with Crippen molar-refractivity contribution in [2.45, 2.75) is 104 Å². The van der Waals surface area contributed by atoms with Crippen LogP contribution in [0, 0.1) is 17.8 Å². The van der Waals surface area contributed by atoms with Crippen molar-refractivity contribution in [1.82, 2.24) is 4.90 Å². The van der Waals surface area contributed by atoms with Gasteiger partial charge in [0, 0.05) is 31.8 Å². The van der Waals surface area contributed by atoms with Gasteiger partial charge in [-0.3, -0.25) is 4.79 Å². The Morgan fingerprint density at radius 3 is 2.17 bits per heavy atom. The summed E-state index contributed by atoms with van der Waals surface area (Å²) in [5.74, 6) is -0.0701. The largest absolute Gasteiger partial charge is 0.413 e. The average molecular weight is 444 g/mol. The highest BCUT2D eigenvalue weighted by atomic mass is 28.4. The number of epoxide rings is 1. The molecule has 6 nitrogen and oxygen atoms in total. The fourth-order valence-corrected chi connectivity index (χ4v) is 5.55. The van der Waals surface area contributed by atoms with E-state index >= 15 is 0 Å². The first-order chi connectivity index (χ1) is 13.5. The van der Waals surface area contributed by atoms with Gasteiger partial charge in [-0.05, 0) is 32.0 Å². The molecule has 2 heterocycles. The molecule has 2 saturated heterocycles. The van der Waals surface area contributed by atoms with E-state index in [9.17, 15) is 4.79 Å². The molecule has 0 aliphatic carbocycles. The first-order valence-corrected chi connectivity index (χ1v) is 14.3. The van der Waals surface area contributed by atoms with E-state index in [4.69, 9.17) is 18.6 Å². The third kappa shape index (κ3) is 5.65. The lowest BCUT2D eigenvalue weighted by atomic mass is 9.82. The van der Waals surface area contributed by atoms with Crippen LogP contribution in [0.4, 0.5) is 0 Å². The number of nitrogens with zero attached hydrogens (tertiary/aromatic N) is 1. The van der Waals surface area contributed by atoms with Gasteiger partial charge in [0.2, 0.25) is 0 Å². The van der Waals surface area contributed by atoms with Gasteiger partial charge in [-0.1, -0.05) is 41.5 Å². The van der Waals surface area contributed by atoms with Crippen LogP contribution in [0.5, 0.6) is 0 Å². The van der Waals surface area contributed by atoms with Gasteiger partial charge in [0.15, 0.2) is 20.2 Å². The second-order valence-corrected chi connectivity index (χ2v) is 16.3. The predicted octanol–water partition coefficient (Wildman–Crippen LogP) is 4.29. The van der Waals surface area contributed by atoms with Crippen molar-refractivity contribution in [3.05, 3.63) is 0 Å². The molecule has 0 bridgehead atoms. The number of hydrogen-bond acceptors (Lipinski definition) is 5. The van der Waals surface area contributed by atoms with E-state index in [0.717, 1.165) is 0 Å². The number of amides is 1. The van der Waals surface area contributed by atoms with Gasteiger partial charge in [0.1, 0.15) is 0 Å². The SMILES string of the molecule is C[C@H]([C@@H](O[Si](C)(C)C(C)(C)C)[C@@H](C)[C@@H]1O[C@H]1C(=O)N(C)C)[C@@H]1OC(C)(C)OC[C@H]1C. The molecule has 7 atom stereocenters. The molecule has 1 amide bonds. The molecule has 176 valence electrons. The molecule has 0 spiro atoms. The van der Waals surface area contributed by atoms with Gasteiger partial charge >= 0.3 is 0 Å². The normalized spacial score (nSPS) is 32.3. The lowest BCUT2D eigenvalue weighted by molar-refractivity contribution is -0.304. The van der Waals surface area contributed by atoms with Gasteiger partial charge in [0.25, 0.3) is 5.91 Å². The Balaban J connectivity index is 2.28. The van der Waals surface area contributed by atoms with E-state index in [1.807, 2.05) is 13.8 Å². The smallest absolute Gasteiger partial charge is 0.253 e. The van der Waals surface area contributed by atoms with Crippen molar-refractivity contribution in [2.75, 3.05) is 20.7 Å². The first kappa shape index (κ1) is 25.8. The summed E-state index contributed by atoms with van der Waals surface area (Å²) in [6, 6.07) is 0. The quantitative estimate of drug-likeness (QED) is 0.434. The molecule has 0 aromatic carbocycles. The van der Waals surface area contributed by atoms with Crippen molar-refractivity contribution < 1.29 is 23.4 Å². The average Bonchev–Trinajstić information content (AvgIpc) is 3.39. The highest BCUT2D eigenvalue weighted by molar-refractivity contribution is 6.74. The van der Waals surface area contributed by atoms with Crippen molar-refractivity contribution in [3.63, 3.8) is 0 Å². The summed E-state index contributed by atoms with van der Waals surface area (Å²) >= 11 is 0. The zero-order valence-corrected chi connectivity index (χ0v) is 22.2. The standard InChI is InChI=1S/C23H45NO5Si/c1-14-13-26-23(7,8)28-17(14)15(2)18(29-30(11,12)22(4,5)6)16(3)19-20(27-19)21(25)24(9)10/h14-20H,13H2,1-12H3/t14-,15+,16-,17-,18-,19+,20-/m1/s1. The van der Waals surface area contributed by atoms with E-state index in [0.29, 0.717) is 6.61 Å². The van der Waals surface area contributed by atoms with Crippen molar-refractivity contribution in [3.8, 4) is 0 Å². The molecule has 2 aliphatic heterocycles. The summed E-state index contributed by atoms with van der Waals surface area (Å²) in [4.78, 5) is 14.0. The van der Waals surface area contributed by atoms with E-state index in [1.165, 1.54) is 0 Å². The molecule has 0 N–H and O–H groups in total. The molecular weight excluding hydrogens is 398 g/mol. The van der Waals surface area contributed by atoms with Crippen LogP contribution in [-0.2, 0) is 23.4 Å². The van der Waals surface area contributed by atoms with Crippen LogP contribution in [0.1, 0.15) is 55.4 Å². The molecule has 30 heavy (non-hydrogen) atoms. The molecule has 0 unspecified atom stereocenters. The number of rotatable bonds is 7. The molecule has 7 heteroatoms. The maximum absolute atomic E-state index is 12.4. The summed E-state index contributed by atoms with van der Waals surface area (Å²) in [7, 11) is 1.51. The van der Waals surface area contributed by atoms with E-state index < -0.39 is 14.1 Å². The second kappa shape index (κ2) is 8.81. The van der Waals surface area contributed by atoms with Crippen LogP contribution in [0.3, 0.4) is 0 Å². The summed E-state index contributed by atoms with van der Waals surface area (Å²) in [5.41, 5.74) is 0. The monoisotopic (exact) mass is 443 g/mol. The fourth-order valence-electron chi connectivity index (χ4n) is 4.09. The molecule has 2 fully saturated rings. The summed E-state index contributed by atoms with van der Waals surface area (Å²) in [6.07, 6.45) is -0.512. The van der Waals surface area contributed by atoms with Crippen LogP contribution in [0.25, 0.3) is 0 Å². The minimum absolute atomic E-state index is 0.0210. The zero-order chi connectivity index (χ0) is 23.2. The topological polar surface area (TPSA) is 60.5 Å². The highest BCUT2D eigenvalue weighted by Crippen LogP contribution is 2.44. The molecule has 0 saturated carbocycles. The van der Waals surface area contributed by atoms with E-state index in [2.05, 4.69) is 54.6 Å². The van der Waals surface area contributed by atoms with Gasteiger partial charge in [-0.15, -0.1) is 0 Å². The minimum Gasteiger partial charge on any atom is -0.413 e. The maximum Gasteiger partial charge on any atom is 0.253 e. The lowest BCUT2D eigenvalue weighted by Gasteiger charge is -2.48. The number of carbonyl (C=O) groups is 1. The van der Waals surface area contributed by atoms with Crippen molar-refractivity contribution >= 4 is 14.2 Å². The highest BCUT2D eigenvalue weighted by Gasteiger charge is 2.54. The molecule has 2 aliphatic rings. The lowest BCUT2D eigenvalue weighted by Crippen LogP contribution is -2.54. The number of carbonyl (C=O) groups excluding carboxylic acids is 1. The molecule has 0 aromatic rings. The minimum atomic E-state index is -2.04. The van der Waals surface area contributed by atoms with Gasteiger partial charge in [-0.2, -0.15) is 0 Å². The molecule has 0 aromatic heterocycles. The Morgan fingerprint density at radius 1 is 1.13 bits per heavy atom. The Labute approximate surface area is 185 Å². The van der Waals surface area contributed by atoms with E-state index in [1.54, 1.807) is 19.0 Å². The van der Waals surface area contributed by atoms with Crippen LogP contribution in [0.15, 0.2) is 0 Å². The summed E-state index contributed by atoms with van der Waals surface area (Å²) < 4.78 is 25.1. The Hall–Kier alpha value is -0.473. The van der Waals surface area contributed by atoms with Crippen LogP contribution < -0.4 is 0 Å². The van der Waals surface area contributed by atoms with Crippen molar-refractivity contribution in [1.29, 1.82) is 0 Å². The number of likely N-dealkylation sites (N-methyl/N-ethyl adjacent to an activating group) is 1. The maximum atomic E-state index is 12.4. The number of ether oxygens (including phenoxy) is 3. The van der Waals surface area contributed by atoms with Crippen LogP contribution in [0.2, 0.25) is 18.1 Å². The third-order valence-electron chi connectivity index (χ3n) is 7.19. The third-order valence-corrected chi connectivity index (χ3v) is 11.7. The van der Waals surface area contributed by atoms with Crippen LogP contribution >= 0.6 is 0 Å². The zero-order valence-electron chi connectivity index (χ0n) is 21.2. The first-order valence-electron chi connectivity index (χ1n) is 11.3. The number of hydrogen-bond donors (Lipinski definition) is 0. The predicted molar refractivity (Wildman–Crippen MR) is 122 cm³/mol. The Bertz CT molecular complexity index is 615. The summed E-state index contributed by atoms with van der Waals surface area (Å²) in [6.45, 7) is 22.5. The van der Waals surface area contributed by atoms with Crippen molar-refractivity contribution in [2.24, 2.45) is 17.8 Å². The Morgan fingerprint density at radius 2 is 1.67 bits per heavy atom. The molecule has 0 radical (unpaired) electrons. The van der Waals surface area contributed by atoms with Gasteiger partial charge in [-0.25, -0.2) is 0 Å². The molecular formula is C23H45NO5Si. The second-order valence-electron chi connectivity index (χ2n) is 11.6. The summed E-state index contributed by atoms with van der Waals surface area (Å²) in [5, 5.41) is 0.0926. The van der Waals surface area contributed by atoms with E-state index in [-0.39, 0.29) is 53.1 Å². The fraction of sp³-hybridized carbons (Fsp3) is 0.957. The van der Waals surface area contributed by atoms with Crippen LogP contribution in [-0.4, -0.2) is 70.0 Å².